The standard InChI is InChI=1S/C7H13NO2/c1-6(2)4-5-8-7(9)10-3/h1,4-5H2,2-3H3,(H,8,9). The Morgan fingerprint density at radius 3 is 2.70 bits per heavy atom. The van der Waals surface area contributed by atoms with Gasteiger partial charge in [-0.05, 0) is 13.3 Å². The van der Waals surface area contributed by atoms with Gasteiger partial charge in [-0.15, -0.1) is 6.58 Å². The van der Waals surface area contributed by atoms with E-state index in [9.17, 15) is 4.79 Å². The van der Waals surface area contributed by atoms with Gasteiger partial charge in [0.2, 0.25) is 0 Å². The number of carbonyl (C=O) groups excluding carboxylic acids is 1. The van der Waals surface area contributed by atoms with Gasteiger partial charge in [0.1, 0.15) is 0 Å². The Morgan fingerprint density at radius 1 is 1.70 bits per heavy atom. The second kappa shape index (κ2) is 4.85. The third-order valence-electron chi connectivity index (χ3n) is 1.01. The molecule has 0 aromatic rings. The molecule has 0 fully saturated rings. The normalized spacial score (nSPS) is 8.60. The summed E-state index contributed by atoms with van der Waals surface area (Å²) in [5, 5.41) is 2.54. The second-order valence-electron chi connectivity index (χ2n) is 2.13. The van der Waals surface area contributed by atoms with E-state index < -0.39 is 0 Å². The summed E-state index contributed by atoms with van der Waals surface area (Å²) < 4.78 is 4.35. The number of amides is 1. The summed E-state index contributed by atoms with van der Waals surface area (Å²) in [6, 6.07) is 0. The van der Waals surface area contributed by atoms with E-state index in [1.807, 2.05) is 6.92 Å². The SMILES string of the molecule is C=C(C)CCNC(=O)OC. The van der Waals surface area contributed by atoms with Gasteiger partial charge in [0.05, 0.1) is 7.11 Å². The van der Waals surface area contributed by atoms with Gasteiger partial charge in [-0.3, -0.25) is 0 Å². The molecule has 0 aliphatic heterocycles. The molecule has 0 aliphatic carbocycles. The molecule has 0 rings (SSSR count). The smallest absolute Gasteiger partial charge is 0.406 e. The molecule has 0 aromatic heterocycles. The Bertz CT molecular complexity index is 132. The molecular formula is C7H13NO2. The first-order chi connectivity index (χ1) is 4.66. The number of ether oxygens (including phenoxy) is 1. The highest BCUT2D eigenvalue weighted by Crippen LogP contribution is 1.91. The number of nitrogens with one attached hydrogen (secondary N) is 1. The van der Waals surface area contributed by atoms with Crippen LogP contribution in [0.4, 0.5) is 4.79 Å². The van der Waals surface area contributed by atoms with Crippen LogP contribution in [0.25, 0.3) is 0 Å². The fourth-order valence-electron chi connectivity index (χ4n) is 0.450. The van der Waals surface area contributed by atoms with Crippen molar-refractivity contribution < 1.29 is 9.53 Å². The van der Waals surface area contributed by atoms with Crippen molar-refractivity contribution in [2.75, 3.05) is 13.7 Å². The zero-order valence-electron chi connectivity index (χ0n) is 6.44. The van der Waals surface area contributed by atoms with E-state index in [0.717, 1.165) is 12.0 Å². The van der Waals surface area contributed by atoms with E-state index in [1.165, 1.54) is 7.11 Å². The summed E-state index contributed by atoms with van der Waals surface area (Å²) >= 11 is 0. The molecule has 0 heterocycles. The summed E-state index contributed by atoms with van der Waals surface area (Å²) in [5.74, 6) is 0. The molecule has 0 radical (unpaired) electrons. The molecular weight excluding hydrogens is 130 g/mol. The van der Waals surface area contributed by atoms with Gasteiger partial charge in [0, 0.05) is 6.54 Å². The quantitative estimate of drug-likeness (QED) is 0.605. The third-order valence-corrected chi connectivity index (χ3v) is 1.01. The first kappa shape index (κ1) is 9.01. The molecule has 10 heavy (non-hydrogen) atoms. The van der Waals surface area contributed by atoms with Gasteiger partial charge in [0.25, 0.3) is 0 Å². The Labute approximate surface area is 61.1 Å². The van der Waals surface area contributed by atoms with Crippen molar-refractivity contribution in [3.8, 4) is 0 Å². The van der Waals surface area contributed by atoms with Gasteiger partial charge in [-0.25, -0.2) is 4.79 Å². The monoisotopic (exact) mass is 143 g/mol. The summed E-state index contributed by atoms with van der Waals surface area (Å²) in [5.41, 5.74) is 1.05. The molecule has 0 aliphatic rings. The summed E-state index contributed by atoms with van der Waals surface area (Å²) in [7, 11) is 1.34. The molecule has 0 atom stereocenters. The van der Waals surface area contributed by atoms with Crippen LogP contribution < -0.4 is 5.32 Å². The van der Waals surface area contributed by atoms with Crippen molar-refractivity contribution in [2.45, 2.75) is 13.3 Å². The van der Waals surface area contributed by atoms with Gasteiger partial charge < -0.3 is 10.1 Å². The lowest BCUT2D eigenvalue weighted by molar-refractivity contribution is 0.171. The molecule has 0 saturated heterocycles. The molecule has 0 aromatic carbocycles. The molecule has 0 spiro atoms. The van der Waals surface area contributed by atoms with Gasteiger partial charge >= 0.3 is 6.09 Å². The van der Waals surface area contributed by atoms with Gasteiger partial charge in [-0.1, -0.05) is 5.57 Å². The number of alkyl carbamates (subject to hydrolysis) is 1. The topological polar surface area (TPSA) is 38.3 Å². The first-order valence-corrected chi connectivity index (χ1v) is 3.13. The van der Waals surface area contributed by atoms with Crippen LogP contribution in [0.2, 0.25) is 0 Å². The third kappa shape index (κ3) is 5.15. The maximum Gasteiger partial charge on any atom is 0.406 e. The van der Waals surface area contributed by atoms with Crippen molar-refractivity contribution in [3.05, 3.63) is 12.2 Å². The summed E-state index contributed by atoms with van der Waals surface area (Å²) in [4.78, 5) is 10.4. The molecule has 58 valence electrons. The lowest BCUT2D eigenvalue weighted by Gasteiger charge is -2.01. The fraction of sp³-hybridized carbons (Fsp3) is 0.571. The van der Waals surface area contributed by atoms with E-state index in [2.05, 4.69) is 16.6 Å². The van der Waals surface area contributed by atoms with Crippen molar-refractivity contribution in [2.24, 2.45) is 0 Å². The number of carbonyl (C=O) groups is 1. The average molecular weight is 143 g/mol. The van der Waals surface area contributed by atoms with Crippen molar-refractivity contribution in [3.63, 3.8) is 0 Å². The molecule has 0 unspecified atom stereocenters. The number of hydrogen-bond acceptors (Lipinski definition) is 2. The molecule has 0 saturated carbocycles. The number of rotatable bonds is 3. The Kier molecular flexibility index (Phi) is 4.37. The Hall–Kier alpha value is -0.990. The fourth-order valence-corrected chi connectivity index (χ4v) is 0.450. The zero-order chi connectivity index (χ0) is 7.98. The summed E-state index contributed by atoms with van der Waals surface area (Å²) in [6.07, 6.45) is 0.413. The Morgan fingerprint density at radius 2 is 2.30 bits per heavy atom. The highest BCUT2D eigenvalue weighted by molar-refractivity contribution is 5.66. The predicted molar refractivity (Wildman–Crippen MR) is 39.8 cm³/mol. The maximum absolute atomic E-state index is 10.4. The zero-order valence-corrected chi connectivity index (χ0v) is 6.44. The van der Waals surface area contributed by atoms with E-state index >= 15 is 0 Å². The van der Waals surface area contributed by atoms with Crippen LogP contribution in [0.3, 0.4) is 0 Å². The maximum atomic E-state index is 10.4. The average Bonchev–Trinajstić information content (AvgIpc) is 1.87. The predicted octanol–water partition coefficient (Wildman–Crippen LogP) is 1.31. The van der Waals surface area contributed by atoms with Crippen molar-refractivity contribution in [1.29, 1.82) is 0 Å². The van der Waals surface area contributed by atoms with E-state index in [-0.39, 0.29) is 6.09 Å². The largest absolute Gasteiger partial charge is 0.453 e. The van der Waals surface area contributed by atoms with Crippen LogP contribution in [0.5, 0.6) is 0 Å². The van der Waals surface area contributed by atoms with Crippen LogP contribution in [0.15, 0.2) is 12.2 Å². The molecule has 3 nitrogen and oxygen atoms in total. The van der Waals surface area contributed by atoms with Crippen LogP contribution in [-0.2, 0) is 4.74 Å². The van der Waals surface area contributed by atoms with E-state index in [4.69, 9.17) is 0 Å². The van der Waals surface area contributed by atoms with Crippen LogP contribution in [0.1, 0.15) is 13.3 Å². The summed E-state index contributed by atoms with van der Waals surface area (Å²) in [6.45, 7) is 6.20. The number of hydrogen-bond donors (Lipinski definition) is 1. The first-order valence-electron chi connectivity index (χ1n) is 3.13. The highest BCUT2D eigenvalue weighted by atomic mass is 16.5. The van der Waals surface area contributed by atoms with Crippen LogP contribution in [-0.4, -0.2) is 19.7 Å². The second-order valence-corrected chi connectivity index (χ2v) is 2.13. The minimum Gasteiger partial charge on any atom is -0.453 e. The van der Waals surface area contributed by atoms with Crippen molar-refractivity contribution in [1.82, 2.24) is 5.32 Å². The minimum atomic E-state index is -0.388. The number of methoxy groups -OCH3 is 1. The van der Waals surface area contributed by atoms with Crippen LogP contribution in [0, 0.1) is 0 Å². The van der Waals surface area contributed by atoms with E-state index in [0.29, 0.717) is 6.54 Å². The molecule has 0 bridgehead atoms. The lowest BCUT2D eigenvalue weighted by Crippen LogP contribution is -2.23. The van der Waals surface area contributed by atoms with E-state index in [1.54, 1.807) is 0 Å². The Balaban J connectivity index is 3.20. The molecule has 1 amide bonds. The lowest BCUT2D eigenvalue weighted by atomic mass is 10.2. The van der Waals surface area contributed by atoms with Crippen molar-refractivity contribution >= 4 is 6.09 Å². The van der Waals surface area contributed by atoms with Crippen LogP contribution >= 0.6 is 0 Å². The van der Waals surface area contributed by atoms with Gasteiger partial charge in [0.15, 0.2) is 0 Å². The minimum absolute atomic E-state index is 0.388. The van der Waals surface area contributed by atoms with Gasteiger partial charge in [-0.2, -0.15) is 0 Å². The molecule has 1 N–H and O–H groups in total. The highest BCUT2D eigenvalue weighted by Gasteiger charge is 1.94. The molecule has 3 heteroatoms.